The molecule has 0 amide bonds. The van der Waals surface area contributed by atoms with Gasteiger partial charge in [-0.15, -0.1) is 0 Å². The van der Waals surface area contributed by atoms with Gasteiger partial charge in [0.1, 0.15) is 5.41 Å². The number of allylic oxidation sites excluding steroid dienone is 9. The van der Waals surface area contributed by atoms with Gasteiger partial charge < -0.3 is 0 Å². The summed E-state index contributed by atoms with van der Waals surface area (Å²) in [6.45, 7) is 9.18. The van der Waals surface area contributed by atoms with E-state index in [9.17, 15) is 4.39 Å². The van der Waals surface area contributed by atoms with Crippen molar-refractivity contribution in [1.82, 2.24) is 0 Å². The Bertz CT molecular complexity index is 428. The summed E-state index contributed by atoms with van der Waals surface area (Å²) in [5, 5.41) is -1.44. The Hall–Kier alpha value is -0.940. The first-order valence-electron chi connectivity index (χ1n) is 5.75. The molecule has 0 nitrogen and oxygen atoms in total. The topological polar surface area (TPSA) is 0 Å². The normalized spacial score (nSPS) is 20.2. The third-order valence-electron chi connectivity index (χ3n) is 2.70. The molecule has 0 bridgehead atoms. The highest BCUT2D eigenvalue weighted by Crippen LogP contribution is 2.35. The van der Waals surface area contributed by atoms with E-state index in [4.69, 9.17) is 0 Å². The maximum absolute atomic E-state index is 14.1. The van der Waals surface area contributed by atoms with Gasteiger partial charge >= 0.3 is 0 Å². The number of halogens is 1. The number of hydrogen-bond acceptors (Lipinski definition) is 0. The van der Waals surface area contributed by atoms with E-state index in [2.05, 4.69) is 34.0 Å². The van der Waals surface area contributed by atoms with Gasteiger partial charge in [-0.3, -0.25) is 0 Å². The number of hydrogen-bond donors (Lipinski definition) is 0. The minimum atomic E-state index is -1.44. The van der Waals surface area contributed by atoms with Crippen LogP contribution >= 0.6 is 9.24 Å². The minimum Gasteiger partial charge on any atom is -0.235 e. The molecule has 1 rings (SSSR count). The van der Waals surface area contributed by atoms with E-state index in [1.807, 2.05) is 26.0 Å². The number of alkyl halides is 1. The maximum Gasteiger partial charge on any atom is 0.146 e. The molecular weight excluding hydrogens is 230 g/mol. The zero-order valence-corrected chi connectivity index (χ0v) is 11.9. The van der Waals surface area contributed by atoms with Crippen molar-refractivity contribution in [1.29, 1.82) is 0 Å². The lowest BCUT2D eigenvalue weighted by Gasteiger charge is -2.20. The molecule has 0 aromatic rings. The molecule has 0 radical (unpaired) electrons. The molecule has 0 aromatic carbocycles. The zero-order chi connectivity index (χ0) is 13.1. The van der Waals surface area contributed by atoms with Crippen molar-refractivity contribution in [2.45, 2.75) is 32.6 Å². The average Bonchev–Trinajstić information content (AvgIpc) is 2.69. The fraction of sp³-hybridized carbons (Fsp3) is 0.333. The van der Waals surface area contributed by atoms with Gasteiger partial charge in [0.15, 0.2) is 0 Å². The fourth-order valence-electron chi connectivity index (χ4n) is 1.84. The summed E-state index contributed by atoms with van der Waals surface area (Å²) in [5.41, 5.74) is 3.58. The van der Waals surface area contributed by atoms with Crippen LogP contribution in [0.1, 0.15) is 27.2 Å². The Balaban J connectivity index is 3.13. The Morgan fingerprint density at radius 1 is 1.59 bits per heavy atom. The third kappa shape index (κ3) is 3.78. The highest BCUT2D eigenvalue weighted by atomic mass is 31.0. The predicted molar refractivity (Wildman–Crippen MR) is 77.7 cm³/mol. The standard InChI is InChI=1S/C15H20FP/c1-5-12(13-8-6-7-9-13)10-14(11(2)3)15(4,16)17/h5-6,8-10H,2,7,17H2,1,3-4H3/b12-5?,14-10+. The molecule has 0 aliphatic heterocycles. The summed E-state index contributed by atoms with van der Waals surface area (Å²) < 4.78 is 14.1. The van der Waals surface area contributed by atoms with Gasteiger partial charge in [-0.25, -0.2) is 4.39 Å². The number of rotatable bonds is 4. The van der Waals surface area contributed by atoms with Crippen molar-refractivity contribution >= 4 is 9.24 Å². The fourth-order valence-corrected chi connectivity index (χ4v) is 2.17. The second-order valence-corrected chi connectivity index (χ2v) is 5.54. The van der Waals surface area contributed by atoms with Gasteiger partial charge in [-0.2, -0.15) is 0 Å². The van der Waals surface area contributed by atoms with E-state index in [1.54, 1.807) is 0 Å². The van der Waals surface area contributed by atoms with E-state index < -0.39 is 5.41 Å². The molecule has 1 aliphatic rings. The second kappa shape index (κ2) is 5.60. The van der Waals surface area contributed by atoms with Crippen LogP contribution in [0.3, 0.4) is 0 Å². The summed E-state index contributed by atoms with van der Waals surface area (Å²) >= 11 is 0. The monoisotopic (exact) mass is 250 g/mol. The summed E-state index contributed by atoms with van der Waals surface area (Å²) in [7, 11) is 2.23. The lowest BCUT2D eigenvalue weighted by Crippen LogP contribution is -2.12. The predicted octanol–water partition coefficient (Wildman–Crippen LogP) is 4.88. The molecule has 2 unspecified atom stereocenters. The van der Waals surface area contributed by atoms with Crippen molar-refractivity contribution in [2.24, 2.45) is 0 Å². The Labute approximate surface area is 106 Å². The van der Waals surface area contributed by atoms with Crippen molar-refractivity contribution in [2.75, 3.05) is 0 Å². The first kappa shape index (κ1) is 14.1. The van der Waals surface area contributed by atoms with E-state index in [0.717, 1.165) is 23.1 Å². The highest BCUT2D eigenvalue weighted by Gasteiger charge is 2.23. The van der Waals surface area contributed by atoms with Crippen LogP contribution in [-0.4, -0.2) is 5.41 Å². The van der Waals surface area contributed by atoms with Gasteiger partial charge in [0, 0.05) is 0 Å². The Morgan fingerprint density at radius 3 is 2.59 bits per heavy atom. The maximum atomic E-state index is 14.1. The third-order valence-corrected chi connectivity index (χ3v) is 3.01. The van der Waals surface area contributed by atoms with Gasteiger partial charge in [0.05, 0.1) is 0 Å². The Morgan fingerprint density at radius 2 is 2.24 bits per heavy atom. The van der Waals surface area contributed by atoms with Gasteiger partial charge in [0.2, 0.25) is 0 Å². The second-order valence-electron chi connectivity index (χ2n) is 4.46. The lowest BCUT2D eigenvalue weighted by atomic mass is 9.97. The molecular formula is C15H20FP. The Kier molecular flexibility index (Phi) is 4.65. The lowest BCUT2D eigenvalue weighted by molar-refractivity contribution is 0.369. The minimum absolute atomic E-state index is 0.622. The van der Waals surface area contributed by atoms with Crippen LogP contribution in [0.25, 0.3) is 0 Å². The van der Waals surface area contributed by atoms with Crippen LogP contribution in [-0.2, 0) is 0 Å². The van der Waals surface area contributed by atoms with Crippen molar-refractivity contribution < 1.29 is 4.39 Å². The summed E-state index contributed by atoms with van der Waals surface area (Å²) in [6.07, 6.45) is 11.2. The quantitative estimate of drug-likeness (QED) is 0.492. The largest absolute Gasteiger partial charge is 0.235 e. The summed E-state index contributed by atoms with van der Waals surface area (Å²) in [4.78, 5) is 0. The molecule has 0 fully saturated rings. The molecule has 0 heterocycles. The molecule has 0 N–H and O–H groups in total. The van der Waals surface area contributed by atoms with Crippen LogP contribution < -0.4 is 0 Å². The summed E-state index contributed by atoms with van der Waals surface area (Å²) in [5.74, 6) is 0. The smallest absolute Gasteiger partial charge is 0.146 e. The summed E-state index contributed by atoms with van der Waals surface area (Å²) in [6, 6.07) is 0. The molecule has 92 valence electrons. The van der Waals surface area contributed by atoms with Crippen LogP contribution in [0.15, 0.2) is 59.3 Å². The molecule has 0 saturated heterocycles. The van der Waals surface area contributed by atoms with Crippen molar-refractivity contribution in [3.05, 3.63) is 59.3 Å². The van der Waals surface area contributed by atoms with Gasteiger partial charge in [-0.1, -0.05) is 45.7 Å². The first-order valence-corrected chi connectivity index (χ1v) is 6.33. The van der Waals surface area contributed by atoms with Crippen LogP contribution in [0, 0.1) is 0 Å². The first-order chi connectivity index (χ1) is 7.86. The van der Waals surface area contributed by atoms with E-state index >= 15 is 0 Å². The van der Waals surface area contributed by atoms with E-state index in [1.165, 1.54) is 6.92 Å². The van der Waals surface area contributed by atoms with Crippen LogP contribution in [0.4, 0.5) is 4.39 Å². The SMILES string of the molecule is C=C(C)/C(=C\C(=CC)C1=CCC=C1)C(C)(F)P. The molecule has 0 spiro atoms. The zero-order valence-electron chi connectivity index (χ0n) is 10.8. The molecule has 1 aliphatic carbocycles. The van der Waals surface area contributed by atoms with Gasteiger partial charge in [0.25, 0.3) is 0 Å². The molecule has 17 heavy (non-hydrogen) atoms. The van der Waals surface area contributed by atoms with E-state index in [-0.39, 0.29) is 0 Å². The average molecular weight is 250 g/mol. The molecule has 0 aromatic heterocycles. The van der Waals surface area contributed by atoms with Crippen molar-refractivity contribution in [3.63, 3.8) is 0 Å². The van der Waals surface area contributed by atoms with E-state index in [0.29, 0.717) is 5.57 Å². The molecule has 0 saturated carbocycles. The molecule has 2 atom stereocenters. The van der Waals surface area contributed by atoms with Crippen molar-refractivity contribution in [3.8, 4) is 0 Å². The molecule has 2 heteroatoms. The van der Waals surface area contributed by atoms with Crippen LogP contribution in [0.5, 0.6) is 0 Å². The van der Waals surface area contributed by atoms with Crippen LogP contribution in [0.2, 0.25) is 0 Å². The highest BCUT2D eigenvalue weighted by molar-refractivity contribution is 7.19. The van der Waals surface area contributed by atoms with Gasteiger partial charge in [-0.05, 0) is 50.0 Å².